The van der Waals surface area contributed by atoms with Crippen LogP contribution in [0.25, 0.3) is 0 Å². The Hall–Kier alpha value is -1.44. The number of sulfone groups is 2. The Bertz CT molecular complexity index is 857. The molecule has 0 aliphatic rings. The molecule has 112 valence electrons. The van der Waals surface area contributed by atoms with E-state index in [2.05, 4.69) is 6.58 Å². The highest BCUT2D eigenvalue weighted by Gasteiger charge is 2.20. The van der Waals surface area contributed by atoms with E-state index in [0.717, 1.165) is 16.7 Å². The number of hydrogen-bond donors (Lipinski definition) is 0. The van der Waals surface area contributed by atoms with E-state index >= 15 is 0 Å². The van der Waals surface area contributed by atoms with E-state index in [0.29, 0.717) is 0 Å². The average Bonchev–Trinajstić information content (AvgIpc) is 2.97. The predicted octanol–water partition coefficient (Wildman–Crippen LogP) is 3.06. The molecule has 0 N–H and O–H groups in total. The van der Waals surface area contributed by atoms with Gasteiger partial charge in [0, 0.05) is 10.3 Å². The fraction of sp³-hybridized carbons (Fsp3) is 0.143. The highest BCUT2D eigenvalue weighted by Crippen LogP contribution is 2.28. The van der Waals surface area contributed by atoms with E-state index < -0.39 is 19.7 Å². The first-order valence-corrected chi connectivity index (χ1v) is 9.97. The van der Waals surface area contributed by atoms with Crippen LogP contribution in [0.15, 0.2) is 62.4 Å². The third-order valence-corrected chi connectivity index (χ3v) is 7.79. The molecule has 0 spiro atoms. The molecule has 7 heteroatoms. The molecule has 21 heavy (non-hydrogen) atoms. The minimum absolute atomic E-state index is 0.0249. The third-order valence-electron chi connectivity index (χ3n) is 2.93. The zero-order valence-electron chi connectivity index (χ0n) is 11.3. The largest absolute Gasteiger partial charge is 0.219 e. The Morgan fingerprint density at radius 3 is 2.05 bits per heavy atom. The van der Waals surface area contributed by atoms with Crippen molar-refractivity contribution in [3.05, 3.63) is 53.3 Å². The molecule has 4 nitrogen and oxygen atoms in total. The maximum absolute atomic E-state index is 12.4. The summed E-state index contributed by atoms with van der Waals surface area (Å²) >= 11 is 1.23. The minimum Gasteiger partial charge on any atom is -0.219 e. The number of benzene rings is 1. The maximum atomic E-state index is 12.4. The van der Waals surface area contributed by atoms with Crippen LogP contribution >= 0.6 is 11.3 Å². The smallest absolute Gasteiger partial charge is 0.215 e. The van der Waals surface area contributed by atoms with Gasteiger partial charge in [-0.3, -0.25) is 0 Å². The monoisotopic (exact) mass is 342 g/mol. The molecule has 0 atom stereocenters. The normalized spacial score (nSPS) is 12.2. The van der Waals surface area contributed by atoms with Crippen molar-refractivity contribution < 1.29 is 16.8 Å². The second kappa shape index (κ2) is 5.75. The van der Waals surface area contributed by atoms with Gasteiger partial charge in [-0.1, -0.05) is 13.5 Å². The molecule has 0 radical (unpaired) electrons. The zero-order chi connectivity index (χ0) is 15.7. The summed E-state index contributed by atoms with van der Waals surface area (Å²) in [6.45, 7) is 5.19. The van der Waals surface area contributed by atoms with Crippen molar-refractivity contribution in [3.8, 4) is 0 Å². The van der Waals surface area contributed by atoms with E-state index in [1.807, 2.05) is 6.92 Å². The summed E-state index contributed by atoms with van der Waals surface area (Å²) in [7, 11) is -7.15. The van der Waals surface area contributed by atoms with E-state index in [9.17, 15) is 16.8 Å². The van der Waals surface area contributed by atoms with Gasteiger partial charge in [0.1, 0.15) is 4.21 Å². The Kier molecular flexibility index (Phi) is 4.36. The highest BCUT2D eigenvalue weighted by molar-refractivity contribution is 7.94. The van der Waals surface area contributed by atoms with E-state index in [-0.39, 0.29) is 14.0 Å². The van der Waals surface area contributed by atoms with Crippen molar-refractivity contribution in [3.63, 3.8) is 0 Å². The van der Waals surface area contributed by atoms with Gasteiger partial charge in [-0.15, -0.1) is 11.3 Å². The summed E-state index contributed by atoms with van der Waals surface area (Å²) in [5, 5.41) is 0.837. The molecular weight excluding hydrogens is 328 g/mol. The van der Waals surface area contributed by atoms with Crippen molar-refractivity contribution >= 4 is 31.0 Å². The first-order valence-electron chi connectivity index (χ1n) is 6.12. The predicted molar refractivity (Wildman–Crippen MR) is 83.0 cm³/mol. The van der Waals surface area contributed by atoms with Gasteiger partial charge < -0.3 is 0 Å². The first-order chi connectivity index (χ1) is 9.81. The second-order valence-electron chi connectivity index (χ2n) is 4.26. The third kappa shape index (κ3) is 3.09. The lowest BCUT2D eigenvalue weighted by atomic mass is 10.4. The van der Waals surface area contributed by atoms with Gasteiger partial charge in [-0.2, -0.15) is 0 Å². The molecule has 2 aromatic rings. The molecule has 0 aliphatic heterocycles. The van der Waals surface area contributed by atoms with E-state index in [1.165, 1.54) is 35.6 Å². The van der Waals surface area contributed by atoms with Crippen LogP contribution in [0.5, 0.6) is 0 Å². The van der Waals surface area contributed by atoms with Gasteiger partial charge in [0.25, 0.3) is 0 Å². The summed E-state index contributed by atoms with van der Waals surface area (Å²) in [5.74, 6) is 0. The van der Waals surface area contributed by atoms with Gasteiger partial charge in [0.15, 0.2) is 9.84 Å². The highest BCUT2D eigenvalue weighted by atomic mass is 32.2. The quantitative estimate of drug-likeness (QED) is 0.837. The van der Waals surface area contributed by atoms with E-state index in [1.54, 1.807) is 12.1 Å². The molecule has 0 bridgehead atoms. The lowest BCUT2D eigenvalue weighted by Gasteiger charge is -2.03. The van der Waals surface area contributed by atoms with Crippen LogP contribution in [0, 0.1) is 0 Å². The molecule has 0 aliphatic carbocycles. The van der Waals surface area contributed by atoms with Crippen LogP contribution in [-0.2, 0) is 26.1 Å². The molecular formula is C14H14O4S3. The number of thiophene rings is 1. The van der Waals surface area contributed by atoms with Gasteiger partial charge in [-0.25, -0.2) is 16.8 Å². The van der Waals surface area contributed by atoms with Crippen LogP contribution in [-0.4, -0.2) is 16.8 Å². The summed E-state index contributed by atoms with van der Waals surface area (Å²) in [6, 6.07) is 8.52. The summed E-state index contributed by atoms with van der Waals surface area (Å²) in [6.07, 6.45) is 0.775. The lowest BCUT2D eigenvalue weighted by Crippen LogP contribution is -2.01. The van der Waals surface area contributed by atoms with Crippen molar-refractivity contribution in [2.24, 2.45) is 0 Å². The molecule has 1 heterocycles. The summed E-state index contributed by atoms with van der Waals surface area (Å²) < 4.78 is 48.3. The summed E-state index contributed by atoms with van der Waals surface area (Å²) in [4.78, 5) is 1.09. The number of rotatable bonds is 5. The van der Waals surface area contributed by atoms with Crippen LogP contribution < -0.4 is 0 Å². The molecule has 0 saturated carbocycles. The van der Waals surface area contributed by atoms with Crippen LogP contribution in [0.3, 0.4) is 0 Å². The molecule has 0 fully saturated rings. The zero-order valence-corrected chi connectivity index (χ0v) is 13.8. The Morgan fingerprint density at radius 1 is 1.00 bits per heavy atom. The molecule has 2 rings (SSSR count). The van der Waals surface area contributed by atoms with Crippen LogP contribution in [0.2, 0.25) is 0 Å². The standard InChI is InChI=1S/C14H14O4S3/c1-3-11-5-10-14(19-11)21(17,18)13-8-6-12(7-9-13)20(15,16)4-2/h4-10H,2-3H2,1H3. The van der Waals surface area contributed by atoms with Crippen molar-refractivity contribution in [1.29, 1.82) is 0 Å². The van der Waals surface area contributed by atoms with Gasteiger partial charge in [0.05, 0.1) is 9.79 Å². The van der Waals surface area contributed by atoms with Crippen molar-refractivity contribution in [2.45, 2.75) is 27.3 Å². The fourth-order valence-electron chi connectivity index (χ4n) is 1.71. The lowest BCUT2D eigenvalue weighted by molar-refractivity contribution is 0.596. The van der Waals surface area contributed by atoms with Gasteiger partial charge in [-0.05, 0) is 42.8 Å². The van der Waals surface area contributed by atoms with Crippen molar-refractivity contribution in [2.75, 3.05) is 0 Å². The topological polar surface area (TPSA) is 68.3 Å². The first kappa shape index (κ1) is 15.9. The molecule has 0 amide bonds. The van der Waals surface area contributed by atoms with Crippen LogP contribution in [0.4, 0.5) is 0 Å². The van der Waals surface area contributed by atoms with E-state index in [4.69, 9.17) is 0 Å². The van der Waals surface area contributed by atoms with Gasteiger partial charge in [0.2, 0.25) is 9.84 Å². The maximum Gasteiger partial charge on any atom is 0.215 e. The number of hydrogen-bond acceptors (Lipinski definition) is 5. The Morgan fingerprint density at radius 2 is 1.57 bits per heavy atom. The number of aryl methyl sites for hydroxylation is 1. The molecule has 0 saturated heterocycles. The minimum atomic E-state index is -3.60. The van der Waals surface area contributed by atoms with Gasteiger partial charge >= 0.3 is 0 Å². The molecule has 1 aromatic heterocycles. The molecule has 0 unspecified atom stereocenters. The van der Waals surface area contributed by atoms with Crippen LogP contribution in [0.1, 0.15) is 11.8 Å². The Balaban J connectivity index is 2.44. The molecule has 1 aromatic carbocycles. The average molecular weight is 342 g/mol. The SMILES string of the molecule is C=CS(=O)(=O)c1ccc(S(=O)(=O)c2ccc(CC)s2)cc1. The second-order valence-corrected chi connectivity index (χ2v) is 9.50. The Labute approximate surface area is 128 Å². The van der Waals surface area contributed by atoms with Crippen molar-refractivity contribution in [1.82, 2.24) is 0 Å². The summed E-state index contributed by atoms with van der Waals surface area (Å²) in [5.41, 5.74) is 0. The fourth-order valence-corrected chi connectivity index (χ4v) is 5.12.